The van der Waals surface area contributed by atoms with Crippen molar-refractivity contribution in [2.24, 2.45) is 5.73 Å². The molecule has 0 bridgehead atoms. The van der Waals surface area contributed by atoms with Crippen LogP contribution in [0.15, 0.2) is 24.3 Å². The number of nitrogens with two attached hydrogens (primary N) is 1. The van der Waals surface area contributed by atoms with Gasteiger partial charge in [0.1, 0.15) is 6.10 Å². The minimum absolute atomic E-state index is 0.144. The molecule has 0 saturated heterocycles. The molecule has 0 saturated carbocycles. The normalized spacial score (nSPS) is 20.8. The summed E-state index contributed by atoms with van der Waals surface area (Å²) in [6.07, 6.45) is -0.212. The van der Waals surface area contributed by atoms with Gasteiger partial charge in [0.25, 0.3) is 0 Å². The first kappa shape index (κ1) is 13.0. The van der Waals surface area contributed by atoms with Crippen LogP contribution in [-0.4, -0.2) is 30.2 Å². The lowest BCUT2D eigenvalue weighted by molar-refractivity contribution is -0.125. The molecule has 1 heterocycles. The molecule has 0 aromatic heterocycles. The number of rotatable bonds is 4. The molecule has 0 spiro atoms. The van der Waals surface area contributed by atoms with Crippen molar-refractivity contribution in [3.8, 4) is 0 Å². The molecule has 2 atom stereocenters. The van der Waals surface area contributed by atoms with E-state index < -0.39 is 12.0 Å². The largest absolute Gasteiger partial charge is 0.382 e. The molecule has 0 fully saturated rings. The number of aliphatic hydroxyl groups excluding tert-OH is 1. The van der Waals surface area contributed by atoms with Crippen molar-refractivity contribution in [2.75, 3.05) is 13.1 Å². The monoisotopic (exact) mass is 249 g/mol. The van der Waals surface area contributed by atoms with E-state index in [9.17, 15) is 9.90 Å². The molecule has 5 nitrogen and oxygen atoms in total. The summed E-state index contributed by atoms with van der Waals surface area (Å²) in [4.78, 5) is 10.8. The maximum absolute atomic E-state index is 10.8. The van der Waals surface area contributed by atoms with Crippen LogP contribution in [0.1, 0.15) is 23.6 Å². The first-order chi connectivity index (χ1) is 8.68. The molecule has 1 aliphatic heterocycles. The number of aliphatic hydroxyl groups is 1. The lowest BCUT2D eigenvalue weighted by Gasteiger charge is -2.20. The number of nitrogens with one attached hydrogen (secondary N) is 2. The van der Waals surface area contributed by atoms with Crippen LogP contribution in [0.2, 0.25) is 0 Å². The van der Waals surface area contributed by atoms with E-state index in [0.717, 1.165) is 19.5 Å². The fourth-order valence-electron chi connectivity index (χ4n) is 2.23. The highest BCUT2D eigenvalue weighted by Crippen LogP contribution is 2.23. The zero-order valence-electron chi connectivity index (χ0n) is 10.2. The van der Waals surface area contributed by atoms with Crippen molar-refractivity contribution in [3.63, 3.8) is 0 Å². The third kappa shape index (κ3) is 3.07. The van der Waals surface area contributed by atoms with Crippen LogP contribution < -0.4 is 16.4 Å². The maximum atomic E-state index is 10.8. The van der Waals surface area contributed by atoms with E-state index in [1.807, 2.05) is 12.1 Å². The van der Waals surface area contributed by atoms with Crippen LogP contribution in [0.5, 0.6) is 0 Å². The van der Waals surface area contributed by atoms with E-state index in [-0.39, 0.29) is 12.6 Å². The van der Waals surface area contributed by atoms with Gasteiger partial charge in [-0.3, -0.25) is 4.79 Å². The minimum Gasteiger partial charge on any atom is -0.382 e. The van der Waals surface area contributed by atoms with Gasteiger partial charge in [0.05, 0.1) is 0 Å². The van der Waals surface area contributed by atoms with Gasteiger partial charge in [-0.2, -0.15) is 0 Å². The highest BCUT2D eigenvalue weighted by molar-refractivity contribution is 5.78. The number of carbonyl (C=O) groups excluding carboxylic acids is 1. The summed E-state index contributed by atoms with van der Waals surface area (Å²) in [7, 11) is 0. The molecule has 0 radical (unpaired) electrons. The number of primary amides is 1. The minimum atomic E-state index is -1.13. The molecule has 5 N–H and O–H groups in total. The van der Waals surface area contributed by atoms with Crippen LogP contribution in [0.3, 0.4) is 0 Å². The number of benzene rings is 1. The molecule has 1 amide bonds. The third-order valence-corrected chi connectivity index (χ3v) is 3.24. The summed E-state index contributed by atoms with van der Waals surface area (Å²) in [5, 5.41) is 16.0. The Labute approximate surface area is 106 Å². The number of hydrogen-bond donors (Lipinski definition) is 4. The number of fused-ring (bicyclic) bond motifs is 1. The summed E-state index contributed by atoms with van der Waals surface area (Å²) in [5.74, 6) is -0.692. The Hall–Kier alpha value is -1.43. The second-order valence-electron chi connectivity index (χ2n) is 4.54. The summed E-state index contributed by atoms with van der Waals surface area (Å²) >= 11 is 0. The first-order valence-corrected chi connectivity index (χ1v) is 6.18. The zero-order chi connectivity index (χ0) is 13.0. The molecule has 98 valence electrons. The van der Waals surface area contributed by atoms with Crippen LogP contribution in [-0.2, 0) is 11.3 Å². The van der Waals surface area contributed by atoms with E-state index in [1.54, 1.807) is 0 Å². The average Bonchev–Trinajstić information content (AvgIpc) is 2.58. The SMILES string of the molecule is NC(=O)C(O)CNC1CCNCc2ccccc21. The van der Waals surface area contributed by atoms with Gasteiger partial charge in [-0.15, -0.1) is 0 Å². The Balaban J connectivity index is 2.06. The zero-order valence-corrected chi connectivity index (χ0v) is 10.2. The summed E-state index contributed by atoms with van der Waals surface area (Å²) in [5.41, 5.74) is 7.51. The van der Waals surface area contributed by atoms with E-state index >= 15 is 0 Å². The smallest absolute Gasteiger partial charge is 0.247 e. The van der Waals surface area contributed by atoms with Gasteiger partial charge in [0.2, 0.25) is 5.91 Å². The van der Waals surface area contributed by atoms with Gasteiger partial charge in [-0.25, -0.2) is 0 Å². The van der Waals surface area contributed by atoms with Crippen molar-refractivity contribution in [1.29, 1.82) is 0 Å². The Morgan fingerprint density at radius 3 is 3.11 bits per heavy atom. The topological polar surface area (TPSA) is 87.4 Å². The van der Waals surface area contributed by atoms with Crippen LogP contribution in [0.4, 0.5) is 0 Å². The second kappa shape index (κ2) is 5.95. The Bertz CT molecular complexity index is 422. The average molecular weight is 249 g/mol. The van der Waals surface area contributed by atoms with Crippen molar-refractivity contribution < 1.29 is 9.90 Å². The van der Waals surface area contributed by atoms with Gasteiger partial charge in [0, 0.05) is 19.1 Å². The molecule has 1 aromatic carbocycles. The number of carbonyl (C=O) groups is 1. The van der Waals surface area contributed by atoms with Gasteiger partial charge >= 0.3 is 0 Å². The summed E-state index contributed by atoms with van der Waals surface area (Å²) in [6, 6.07) is 8.33. The number of hydrogen-bond acceptors (Lipinski definition) is 4. The Morgan fingerprint density at radius 1 is 1.56 bits per heavy atom. The lowest BCUT2D eigenvalue weighted by atomic mass is 9.99. The molecule has 1 aromatic rings. The molecule has 5 heteroatoms. The van der Waals surface area contributed by atoms with Crippen molar-refractivity contribution in [1.82, 2.24) is 10.6 Å². The standard InChI is InChI=1S/C13H19N3O2/c14-13(18)12(17)8-16-11-5-6-15-7-9-3-1-2-4-10(9)11/h1-4,11-12,15-17H,5-8H2,(H2,14,18). The predicted molar refractivity (Wildman–Crippen MR) is 68.7 cm³/mol. The summed E-state index contributed by atoms with van der Waals surface area (Å²) in [6.45, 7) is 1.94. The highest BCUT2D eigenvalue weighted by Gasteiger charge is 2.19. The second-order valence-corrected chi connectivity index (χ2v) is 4.54. The quantitative estimate of drug-likeness (QED) is 0.588. The van der Waals surface area contributed by atoms with Gasteiger partial charge < -0.3 is 21.5 Å². The molecular weight excluding hydrogens is 230 g/mol. The van der Waals surface area contributed by atoms with E-state index in [2.05, 4.69) is 22.8 Å². The molecule has 1 aliphatic rings. The van der Waals surface area contributed by atoms with E-state index in [4.69, 9.17) is 5.73 Å². The maximum Gasteiger partial charge on any atom is 0.247 e. The van der Waals surface area contributed by atoms with Crippen molar-refractivity contribution >= 4 is 5.91 Å². The van der Waals surface area contributed by atoms with E-state index in [0.29, 0.717) is 0 Å². The molecule has 0 aliphatic carbocycles. The van der Waals surface area contributed by atoms with Gasteiger partial charge in [-0.1, -0.05) is 24.3 Å². The third-order valence-electron chi connectivity index (χ3n) is 3.24. The highest BCUT2D eigenvalue weighted by atomic mass is 16.3. The Kier molecular flexibility index (Phi) is 4.30. The van der Waals surface area contributed by atoms with Crippen LogP contribution in [0.25, 0.3) is 0 Å². The fraction of sp³-hybridized carbons (Fsp3) is 0.462. The van der Waals surface area contributed by atoms with Crippen LogP contribution >= 0.6 is 0 Å². The first-order valence-electron chi connectivity index (χ1n) is 6.18. The van der Waals surface area contributed by atoms with Gasteiger partial charge in [-0.05, 0) is 24.1 Å². The van der Waals surface area contributed by atoms with Crippen molar-refractivity contribution in [2.45, 2.75) is 25.1 Å². The summed E-state index contributed by atoms with van der Waals surface area (Å²) < 4.78 is 0. The van der Waals surface area contributed by atoms with E-state index in [1.165, 1.54) is 11.1 Å². The Morgan fingerprint density at radius 2 is 2.33 bits per heavy atom. The molecule has 18 heavy (non-hydrogen) atoms. The van der Waals surface area contributed by atoms with Crippen LogP contribution in [0, 0.1) is 0 Å². The molecule has 2 rings (SSSR count). The predicted octanol–water partition coefficient (Wildman–Crippen LogP) is -0.343. The molecule has 2 unspecified atom stereocenters. The lowest BCUT2D eigenvalue weighted by Crippen LogP contribution is -2.39. The van der Waals surface area contributed by atoms with Gasteiger partial charge in [0.15, 0.2) is 0 Å². The number of amides is 1. The fourth-order valence-corrected chi connectivity index (χ4v) is 2.23. The van der Waals surface area contributed by atoms with Crippen molar-refractivity contribution in [3.05, 3.63) is 35.4 Å². The molecular formula is C13H19N3O2.